The van der Waals surface area contributed by atoms with E-state index in [1.807, 2.05) is 6.07 Å². The van der Waals surface area contributed by atoms with E-state index < -0.39 is 6.10 Å². The molecule has 3 heterocycles. The van der Waals surface area contributed by atoms with Gasteiger partial charge in [0, 0.05) is 58.4 Å². The highest BCUT2D eigenvalue weighted by atomic mass is 32.1. The summed E-state index contributed by atoms with van der Waals surface area (Å²) in [6.07, 6.45) is 1.08. The van der Waals surface area contributed by atoms with Crippen LogP contribution < -0.4 is 5.56 Å². The van der Waals surface area contributed by atoms with E-state index >= 15 is 0 Å². The summed E-state index contributed by atoms with van der Waals surface area (Å²) in [6.45, 7) is 5.20. The molecule has 3 aromatic rings. The largest absolute Gasteiger partial charge is 0.389 e. The van der Waals surface area contributed by atoms with E-state index in [1.165, 1.54) is 10.4 Å². The summed E-state index contributed by atoms with van der Waals surface area (Å²) < 4.78 is 10.2. The van der Waals surface area contributed by atoms with E-state index in [0.717, 1.165) is 54.8 Å². The minimum absolute atomic E-state index is 0.0664. The van der Waals surface area contributed by atoms with Crippen LogP contribution in [0.15, 0.2) is 35.1 Å². The number of benzene rings is 1. The summed E-state index contributed by atoms with van der Waals surface area (Å²) >= 11 is 1.63. The number of nitrogens with zero attached hydrogens (tertiary/aromatic N) is 3. The molecule has 1 unspecified atom stereocenters. The van der Waals surface area contributed by atoms with Crippen molar-refractivity contribution in [1.29, 1.82) is 0 Å². The fourth-order valence-electron chi connectivity index (χ4n) is 4.57. The molecule has 0 spiro atoms. The van der Waals surface area contributed by atoms with E-state index in [1.54, 1.807) is 25.6 Å². The lowest BCUT2D eigenvalue weighted by atomic mass is 10.0. The van der Waals surface area contributed by atoms with Crippen molar-refractivity contribution in [2.75, 3.05) is 47.1 Å². The van der Waals surface area contributed by atoms with Crippen molar-refractivity contribution in [3.63, 3.8) is 0 Å². The zero-order chi connectivity index (χ0) is 23.9. The highest BCUT2D eigenvalue weighted by Gasteiger charge is 2.24. The predicted molar refractivity (Wildman–Crippen MR) is 134 cm³/mol. The molecule has 0 aliphatic carbocycles. The van der Waals surface area contributed by atoms with Gasteiger partial charge in [-0.15, -0.1) is 11.3 Å². The van der Waals surface area contributed by atoms with Crippen LogP contribution in [0.2, 0.25) is 0 Å². The Morgan fingerprint density at radius 3 is 2.85 bits per heavy atom. The van der Waals surface area contributed by atoms with Gasteiger partial charge in [-0.2, -0.15) is 0 Å². The van der Waals surface area contributed by atoms with Crippen LogP contribution in [-0.4, -0.2) is 78.0 Å². The van der Waals surface area contributed by atoms with Crippen LogP contribution in [0.5, 0.6) is 0 Å². The zero-order valence-corrected chi connectivity index (χ0v) is 20.8. The quantitative estimate of drug-likeness (QED) is 0.380. The van der Waals surface area contributed by atoms with Gasteiger partial charge in [0.2, 0.25) is 0 Å². The summed E-state index contributed by atoms with van der Waals surface area (Å²) in [7, 11) is 3.25. The van der Waals surface area contributed by atoms with Crippen LogP contribution >= 0.6 is 11.3 Å². The smallest absolute Gasteiger partial charge is 0.259 e. The van der Waals surface area contributed by atoms with Crippen LogP contribution in [0.3, 0.4) is 0 Å². The molecule has 184 valence electrons. The number of fused-ring (bicyclic) bond motifs is 3. The van der Waals surface area contributed by atoms with Crippen molar-refractivity contribution in [1.82, 2.24) is 19.8 Å². The molecule has 0 saturated heterocycles. The number of aliphatic hydroxyl groups excluding tert-OH is 1. The molecule has 8 nitrogen and oxygen atoms in total. The molecule has 1 aromatic carbocycles. The second-order valence-corrected chi connectivity index (χ2v) is 9.92. The molecule has 1 aliphatic heterocycles. The highest BCUT2D eigenvalue weighted by Crippen LogP contribution is 2.32. The molecular weight excluding hydrogens is 452 g/mol. The van der Waals surface area contributed by atoms with Gasteiger partial charge < -0.3 is 19.6 Å². The second kappa shape index (κ2) is 12.0. The Balaban J connectivity index is 1.51. The predicted octanol–water partition coefficient (Wildman–Crippen LogP) is 2.39. The molecule has 0 saturated carbocycles. The molecule has 0 bridgehead atoms. The molecule has 9 heteroatoms. The third kappa shape index (κ3) is 6.29. The number of thiophene rings is 1. The lowest BCUT2D eigenvalue weighted by Crippen LogP contribution is -2.36. The Kier molecular flexibility index (Phi) is 8.82. The summed E-state index contributed by atoms with van der Waals surface area (Å²) in [6, 6.07) is 10.5. The van der Waals surface area contributed by atoms with Gasteiger partial charge in [-0.25, -0.2) is 4.98 Å². The topological polar surface area (TPSA) is 90.9 Å². The maximum atomic E-state index is 13.1. The molecule has 2 N–H and O–H groups in total. The average molecular weight is 487 g/mol. The summed E-state index contributed by atoms with van der Waals surface area (Å²) in [4.78, 5) is 27.4. The number of H-pyrrole nitrogens is 1. The number of methoxy groups -OCH3 is 2. The number of aliphatic hydroxyl groups is 1. The fraction of sp³-hybridized carbons (Fsp3) is 0.520. The van der Waals surface area contributed by atoms with Crippen LogP contribution in [0, 0.1) is 0 Å². The summed E-state index contributed by atoms with van der Waals surface area (Å²) in [5, 5.41) is 11.0. The second-order valence-electron chi connectivity index (χ2n) is 8.83. The highest BCUT2D eigenvalue weighted by molar-refractivity contribution is 7.18. The molecular formula is C25H34N4O4S. The van der Waals surface area contributed by atoms with E-state index in [9.17, 15) is 9.90 Å². The van der Waals surface area contributed by atoms with Crippen LogP contribution in [0.4, 0.5) is 0 Å². The van der Waals surface area contributed by atoms with Crippen LogP contribution in [0.25, 0.3) is 10.2 Å². The number of aromatic amines is 1. The Labute approximate surface area is 204 Å². The van der Waals surface area contributed by atoms with Gasteiger partial charge in [-0.3, -0.25) is 14.6 Å². The van der Waals surface area contributed by atoms with Gasteiger partial charge in [0.15, 0.2) is 0 Å². The van der Waals surface area contributed by atoms with Crippen molar-refractivity contribution in [3.8, 4) is 0 Å². The van der Waals surface area contributed by atoms with Gasteiger partial charge in [0.25, 0.3) is 5.56 Å². The average Bonchev–Trinajstić information content (AvgIpc) is 3.18. The fourth-order valence-corrected chi connectivity index (χ4v) is 5.85. The maximum absolute atomic E-state index is 13.1. The van der Waals surface area contributed by atoms with E-state index in [0.29, 0.717) is 25.5 Å². The number of ether oxygens (including phenoxy) is 2. The first kappa shape index (κ1) is 25.0. The lowest BCUT2D eigenvalue weighted by Gasteiger charge is -2.26. The third-order valence-corrected chi connectivity index (χ3v) is 7.22. The van der Waals surface area contributed by atoms with Crippen LogP contribution in [0.1, 0.15) is 28.2 Å². The summed E-state index contributed by atoms with van der Waals surface area (Å²) in [5.74, 6) is 0.624. The Morgan fingerprint density at radius 2 is 2.09 bits per heavy atom. The molecule has 0 fully saturated rings. The number of nitrogens with one attached hydrogen (secondary N) is 1. The number of hydrogen-bond acceptors (Lipinski definition) is 8. The first-order valence-electron chi connectivity index (χ1n) is 11.8. The van der Waals surface area contributed by atoms with Crippen molar-refractivity contribution < 1.29 is 14.6 Å². The number of hydrogen-bond donors (Lipinski definition) is 2. The zero-order valence-electron chi connectivity index (χ0n) is 20.0. The van der Waals surface area contributed by atoms with E-state index in [-0.39, 0.29) is 12.2 Å². The Hall–Kier alpha value is -2.14. The van der Waals surface area contributed by atoms with Gasteiger partial charge >= 0.3 is 0 Å². The van der Waals surface area contributed by atoms with Gasteiger partial charge in [0.05, 0.1) is 24.6 Å². The van der Waals surface area contributed by atoms with Gasteiger partial charge in [-0.05, 0) is 24.0 Å². The first-order valence-corrected chi connectivity index (χ1v) is 12.6. The minimum atomic E-state index is -0.604. The SMILES string of the molecule is COCCCN(Cc1nc2sc3c(c2c(=O)[nH]1)CCN(Cc1ccccc1)C3)CC(O)COC. The summed E-state index contributed by atoms with van der Waals surface area (Å²) in [5.41, 5.74) is 2.38. The molecule has 0 radical (unpaired) electrons. The van der Waals surface area contributed by atoms with E-state index in [2.05, 4.69) is 39.0 Å². The van der Waals surface area contributed by atoms with Gasteiger partial charge in [-0.1, -0.05) is 30.3 Å². The molecule has 34 heavy (non-hydrogen) atoms. The molecule has 1 aliphatic rings. The molecule has 2 aromatic heterocycles. The molecule has 4 rings (SSSR count). The standard InChI is InChI=1S/C25H34N4O4S/c1-32-12-6-10-28(14-19(30)17-33-2)16-22-26-24(31)23-20-9-11-29(13-18-7-4-3-5-8-18)15-21(20)34-25(23)27-22/h3-5,7-8,19,30H,6,9-17H2,1-2H3,(H,26,27,31). The van der Waals surface area contributed by atoms with Crippen molar-refractivity contribution >= 4 is 21.6 Å². The van der Waals surface area contributed by atoms with Crippen molar-refractivity contribution in [3.05, 3.63) is 62.5 Å². The monoisotopic (exact) mass is 486 g/mol. The maximum Gasteiger partial charge on any atom is 0.259 e. The van der Waals surface area contributed by atoms with Gasteiger partial charge in [0.1, 0.15) is 10.7 Å². The molecule has 1 atom stereocenters. The molecule has 0 amide bonds. The van der Waals surface area contributed by atoms with E-state index in [4.69, 9.17) is 14.5 Å². The lowest BCUT2D eigenvalue weighted by molar-refractivity contribution is 0.0331. The Bertz CT molecular complexity index is 1120. The first-order chi connectivity index (χ1) is 16.6. The number of rotatable bonds is 12. The normalized spacial score (nSPS) is 15.2. The van der Waals surface area contributed by atoms with Crippen LogP contribution in [-0.2, 0) is 35.5 Å². The van der Waals surface area contributed by atoms with Crippen molar-refractivity contribution in [2.24, 2.45) is 0 Å². The van der Waals surface area contributed by atoms with Crippen molar-refractivity contribution in [2.45, 2.75) is 38.6 Å². The third-order valence-electron chi connectivity index (χ3n) is 6.11. The minimum Gasteiger partial charge on any atom is -0.389 e. The Morgan fingerprint density at radius 1 is 1.26 bits per heavy atom. The number of aromatic nitrogens is 2.